The predicted molar refractivity (Wildman–Crippen MR) is 90.1 cm³/mol. The highest BCUT2D eigenvalue weighted by molar-refractivity contribution is 6.31. The fraction of sp³-hybridized carbons (Fsp3) is 0.278. The van der Waals surface area contributed by atoms with Crippen LogP contribution in [0.3, 0.4) is 0 Å². The molecule has 2 aromatic rings. The first-order valence-corrected chi connectivity index (χ1v) is 7.75. The van der Waals surface area contributed by atoms with Crippen molar-refractivity contribution in [3.8, 4) is 11.1 Å². The summed E-state index contributed by atoms with van der Waals surface area (Å²) in [4.78, 5) is 10.6. The second kappa shape index (κ2) is 7.97. The van der Waals surface area contributed by atoms with Gasteiger partial charge in [0.1, 0.15) is 0 Å². The zero-order chi connectivity index (χ0) is 15.9. The van der Waals surface area contributed by atoms with Crippen molar-refractivity contribution >= 4 is 17.6 Å². The highest BCUT2D eigenvalue weighted by atomic mass is 35.5. The lowest BCUT2D eigenvalue weighted by molar-refractivity contribution is -0.137. The highest BCUT2D eigenvalue weighted by Gasteiger charge is 2.09. The summed E-state index contributed by atoms with van der Waals surface area (Å²) < 4.78 is 0. The van der Waals surface area contributed by atoms with Crippen LogP contribution in [0.2, 0.25) is 5.02 Å². The van der Waals surface area contributed by atoms with E-state index in [0.29, 0.717) is 6.42 Å². The molecule has 2 rings (SSSR count). The van der Waals surface area contributed by atoms with Crippen molar-refractivity contribution in [2.75, 3.05) is 0 Å². The summed E-state index contributed by atoms with van der Waals surface area (Å²) in [7, 11) is 0. The van der Waals surface area contributed by atoms with E-state index in [2.05, 4.69) is 18.2 Å². The molecule has 0 saturated carbocycles. The second-order valence-corrected chi connectivity index (χ2v) is 5.83. The smallest absolute Gasteiger partial charge is 0.304 e. The van der Waals surface area contributed by atoms with Gasteiger partial charge in [-0.3, -0.25) is 4.79 Å². The van der Waals surface area contributed by atoms with E-state index >= 15 is 0 Å². The summed E-state index contributed by atoms with van der Waals surface area (Å²) in [5, 5.41) is 9.43. The van der Waals surface area contributed by atoms with Gasteiger partial charge in [-0.15, -0.1) is 0 Å². The van der Waals surface area contributed by atoms with Gasteiger partial charge in [-0.1, -0.05) is 54.1 Å². The Kier molecular flexibility index (Phi) is 5.99. The third-order valence-corrected chi connectivity index (χ3v) is 3.97. The van der Waals surface area contributed by atoms with Crippen molar-refractivity contribution in [1.29, 1.82) is 0 Å². The van der Waals surface area contributed by atoms with E-state index in [0.717, 1.165) is 34.6 Å². The zero-order valence-electron chi connectivity index (χ0n) is 12.3. The van der Waals surface area contributed by atoms with Crippen LogP contribution in [0, 0.1) is 0 Å². The number of benzene rings is 2. The van der Waals surface area contributed by atoms with Crippen molar-refractivity contribution < 1.29 is 9.90 Å². The van der Waals surface area contributed by atoms with Crippen LogP contribution in [0.25, 0.3) is 11.1 Å². The van der Waals surface area contributed by atoms with Crippen LogP contribution in [-0.2, 0) is 11.2 Å². The fourth-order valence-electron chi connectivity index (χ4n) is 2.44. The summed E-state index contributed by atoms with van der Waals surface area (Å²) in [6, 6.07) is 15.9. The average molecular weight is 318 g/mol. The topological polar surface area (TPSA) is 63.3 Å². The Balaban J connectivity index is 1.94. The van der Waals surface area contributed by atoms with Crippen molar-refractivity contribution in [2.24, 2.45) is 5.73 Å². The van der Waals surface area contributed by atoms with Gasteiger partial charge in [0.2, 0.25) is 0 Å². The summed E-state index contributed by atoms with van der Waals surface area (Å²) in [6.07, 6.45) is 2.34. The average Bonchev–Trinajstić information content (AvgIpc) is 2.49. The number of aryl methyl sites for hydroxylation is 1. The van der Waals surface area contributed by atoms with E-state index in [1.807, 2.05) is 30.3 Å². The minimum atomic E-state index is -0.849. The number of hydrogen-bond donors (Lipinski definition) is 2. The maximum Gasteiger partial charge on any atom is 0.304 e. The molecule has 0 fully saturated rings. The van der Waals surface area contributed by atoms with Gasteiger partial charge in [0.05, 0.1) is 6.42 Å². The molecule has 0 aromatic heterocycles. The lowest BCUT2D eigenvalue weighted by Gasteiger charge is -2.10. The Hall–Kier alpha value is -1.84. The third kappa shape index (κ3) is 4.86. The Labute approximate surface area is 135 Å². The van der Waals surface area contributed by atoms with Crippen LogP contribution in [0.4, 0.5) is 0 Å². The molecule has 0 spiro atoms. The molecule has 0 radical (unpaired) electrons. The molecule has 4 heteroatoms. The number of hydrogen-bond acceptors (Lipinski definition) is 2. The lowest BCUT2D eigenvalue weighted by Crippen LogP contribution is -2.23. The maximum atomic E-state index is 10.6. The van der Waals surface area contributed by atoms with Gasteiger partial charge in [0.15, 0.2) is 0 Å². The van der Waals surface area contributed by atoms with Crippen molar-refractivity contribution in [3.05, 3.63) is 59.1 Å². The molecule has 0 aliphatic heterocycles. The Morgan fingerprint density at radius 1 is 1.14 bits per heavy atom. The summed E-state index contributed by atoms with van der Waals surface area (Å²) in [5.41, 5.74) is 9.07. The van der Waals surface area contributed by atoms with Crippen LogP contribution >= 0.6 is 11.6 Å². The molecular formula is C18H20ClNO2. The number of carboxylic acids is 1. The molecule has 0 amide bonds. The van der Waals surface area contributed by atoms with E-state index in [-0.39, 0.29) is 12.5 Å². The van der Waals surface area contributed by atoms with Crippen LogP contribution < -0.4 is 5.73 Å². The van der Waals surface area contributed by atoms with Crippen LogP contribution in [0.15, 0.2) is 48.5 Å². The van der Waals surface area contributed by atoms with Gasteiger partial charge >= 0.3 is 5.97 Å². The Morgan fingerprint density at radius 3 is 2.50 bits per heavy atom. The SMILES string of the molecule is N[C@H](CCCc1ccc(-c2ccccc2)cc1Cl)CC(=O)O. The Bertz CT molecular complexity index is 628. The van der Waals surface area contributed by atoms with E-state index < -0.39 is 5.97 Å². The first kappa shape index (κ1) is 16.5. The molecule has 0 heterocycles. The van der Waals surface area contributed by atoms with Gasteiger partial charge < -0.3 is 10.8 Å². The highest BCUT2D eigenvalue weighted by Crippen LogP contribution is 2.26. The third-order valence-electron chi connectivity index (χ3n) is 3.62. The number of nitrogens with two attached hydrogens (primary N) is 1. The predicted octanol–water partition coefficient (Wildman–Crippen LogP) is 4.13. The van der Waals surface area contributed by atoms with Gasteiger partial charge in [0, 0.05) is 11.1 Å². The molecule has 3 N–H and O–H groups in total. The number of halogens is 1. The lowest BCUT2D eigenvalue weighted by atomic mass is 10.00. The van der Waals surface area contributed by atoms with E-state index in [1.54, 1.807) is 0 Å². The molecule has 116 valence electrons. The minimum absolute atomic E-state index is 0.0146. The summed E-state index contributed by atoms with van der Waals surface area (Å²) in [6.45, 7) is 0. The van der Waals surface area contributed by atoms with Gasteiger partial charge in [0.25, 0.3) is 0 Å². The van der Waals surface area contributed by atoms with E-state index in [4.69, 9.17) is 22.4 Å². The second-order valence-electron chi connectivity index (χ2n) is 5.42. The first-order valence-electron chi connectivity index (χ1n) is 7.37. The first-order chi connectivity index (χ1) is 10.6. The molecule has 0 bridgehead atoms. The van der Waals surface area contributed by atoms with Gasteiger partial charge in [-0.2, -0.15) is 0 Å². The maximum absolute atomic E-state index is 10.6. The molecule has 1 atom stereocenters. The molecule has 22 heavy (non-hydrogen) atoms. The standard InChI is InChI=1S/C18H20ClNO2/c19-17-11-15(13-5-2-1-3-6-13)10-9-14(17)7-4-8-16(20)12-18(21)22/h1-3,5-6,9-11,16H,4,7-8,12,20H2,(H,21,22)/t16-/m1/s1. The van der Waals surface area contributed by atoms with Crippen LogP contribution in [-0.4, -0.2) is 17.1 Å². The zero-order valence-corrected chi connectivity index (χ0v) is 13.1. The minimum Gasteiger partial charge on any atom is -0.481 e. The molecular weight excluding hydrogens is 298 g/mol. The van der Waals surface area contributed by atoms with Crippen molar-refractivity contribution in [2.45, 2.75) is 31.7 Å². The molecule has 0 aliphatic rings. The molecule has 3 nitrogen and oxygen atoms in total. The molecule has 0 aliphatic carbocycles. The van der Waals surface area contributed by atoms with Crippen molar-refractivity contribution in [3.63, 3.8) is 0 Å². The molecule has 0 saturated heterocycles. The number of carboxylic acid groups (broad SMARTS) is 1. The Morgan fingerprint density at radius 2 is 1.86 bits per heavy atom. The van der Waals surface area contributed by atoms with E-state index in [9.17, 15) is 4.79 Å². The number of carbonyl (C=O) groups is 1. The van der Waals surface area contributed by atoms with E-state index in [1.165, 1.54) is 0 Å². The van der Waals surface area contributed by atoms with Crippen molar-refractivity contribution in [1.82, 2.24) is 0 Å². The van der Waals surface area contributed by atoms with Gasteiger partial charge in [-0.25, -0.2) is 0 Å². The quantitative estimate of drug-likeness (QED) is 0.807. The molecule has 2 aromatic carbocycles. The van der Waals surface area contributed by atoms with Gasteiger partial charge in [-0.05, 0) is 42.0 Å². The number of aliphatic carboxylic acids is 1. The normalized spacial score (nSPS) is 12.1. The monoisotopic (exact) mass is 317 g/mol. The number of rotatable bonds is 7. The largest absolute Gasteiger partial charge is 0.481 e. The molecule has 0 unspecified atom stereocenters. The van der Waals surface area contributed by atoms with Crippen LogP contribution in [0.5, 0.6) is 0 Å². The summed E-state index contributed by atoms with van der Waals surface area (Å²) in [5.74, 6) is -0.849. The van der Waals surface area contributed by atoms with Crippen LogP contribution in [0.1, 0.15) is 24.8 Å². The fourth-order valence-corrected chi connectivity index (χ4v) is 2.72. The summed E-state index contributed by atoms with van der Waals surface area (Å²) >= 11 is 6.35.